The second kappa shape index (κ2) is 9.20. The number of aryl methyl sites for hydroxylation is 1. The van der Waals surface area contributed by atoms with Crippen molar-refractivity contribution in [1.29, 1.82) is 5.26 Å². The molecule has 0 N–H and O–H groups in total. The predicted octanol–water partition coefficient (Wildman–Crippen LogP) is 2.96. The highest BCUT2D eigenvalue weighted by Gasteiger charge is 2.22. The fourth-order valence-electron chi connectivity index (χ4n) is 3.38. The fourth-order valence-corrected chi connectivity index (χ4v) is 3.38. The average molecular weight is 363 g/mol. The van der Waals surface area contributed by atoms with Gasteiger partial charge in [0, 0.05) is 31.7 Å². The Bertz CT molecular complexity index is 803. The molecule has 0 unspecified atom stereocenters. The minimum atomic E-state index is 0.0185. The van der Waals surface area contributed by atoms with Crippen LogP contribution in [0.2, 0.25) is 0 Å². The molecule has 0 aromatic heterocycles. The predicted molar refractivity (Wildman–Crippen MR) is 105 cm³/mol. The first-order valence-corrected chi connectivity index (χ1v) is 9.34. The zero-order chi connectivity index (χ0) is 19.1. The van der Waals surface area contributed by atoms with Crippen molar-refractivity contribution in [2.75, 3.05) is 39.8 Å². The monoisotopic (exact) mass is 363 g/mol. The van der Waals surface area contributed by atoms with Gasteiger partial charge in [0.2, 0.25) is 0 Å². The molecule has 0 spiro atoms. The Kier molecular flexibility index (Phi) is 6.45. The lowest BCUT2D eigenvalue weighted by Gasteiger charge is -2.34. The number of rotatable bonds is 6. The molecule has 2 aromatic carbocycles. The molecule has 1 aliphatic heterocycles. The molecule has 1 saturated heterocycles. The van der Waals surface area contributed by atoms with Gasteiger partial charge in [0.25, 0.3) is 5.91 Å². The van der Waals surface area contributed by atoms with E-state index in [1.165, 1.54) is 5.56 Å². The molecule has 0 aliphatic carbocycles. The van der Waals surface area contributed by atoms with Crippen molar-refractivity contribution < 1.29 is 9.53 Å². The van der Waals surface area contributed by atoms with E-state index in [0.29, 0.717) is 11.1 Å². The first kappa shape index (κ1) is 18.9. The van der Waals surface area contributed by atoms with Crippen LogP contribution in [0.4, 0.5) is 0 Å². The molecule has 1 amide bonds. The van der Waals surface area contributed by atoms with E-state index in [0.717, 1.165) is 51.3 Å². The fraction of sp³-hybridized carbons (Fsp3) is 0.364. The number of nitriles is 1. The van der Waals surface area contributed by atoms with Gasteiger partial charge in [-0.3, -0.25) is 9.69 Å². The van der Waals surface area contributed by atoms with Gasteiger partial charge in [-0.2, -0.15) is 5.26 Å². The van der Waals surface area contributed by atoms with Gasteiger partial charge >= 0.3 is 0 Å². The van der Waals surface area contributed by atoms with Crippen molar-refractivity contribution in [2.24, 2.45) is 0 Å². The van der Waals surface area contributed by atoms with Crippen LogP contribution >= 0.6 is 0 Å². The number of benzene rings is 2. The standard InChI is InChI=1S/C22H25N3O2/c1-27-21-9-7-18(8-10-21)5-3-11-24-12-14-25(15-13-24)22(26)20-6-2-4-19(16-20)17-23/h2,4,6-10,16H,3,5,11-15H2,1H3. The molecule has 1 fully saturated rings. The first-order chi connectivity index (χ1) is 13.2. The quantitative estimate of drug-likeness (QED) is 0.792. The third-order valence-electron chi connectivity index (χ3n) is 5.00. The van der Waals surface area contributed by atoms with Gasteiger partial charge in [-0.25, -0.2) is 0 Å². The van der Waals surface area contributed by atoms with Crippen molar-refractivity contribution in [3.63, 3.8) is 0 Å². The molecule has 0 saturated carbocycles. The van der Waals surface area contributed by atoms with Crippen molar-refractivity contribution in [3.8, 4) is 11.8 Å². The van der Waals surface area contributed by atoms with Gasteiger partial charge in [0.15, 0.2) is 0 Å². The maximum Gasteiger partial charge on any atom is 0.253 e. The molecule has 3 rings (SSSR count). The lowest BCUT2D eigenvalue weighted by molar-refractivity contribution is 0.0636. The zero-order valence-electron chi connectivity index (χ0n) is 15.7. The molecule has 5 heteroatoms. The van der Waals surface area contributed by atoms with E-state index in [1.54, 1.807) is 31.4 Å². The van der Waals surface area contributed by atoms with E-state index in [1.807, 2.05) is 17.0 Å². The van der Waals surface area contributed by atoms with Gasteiger partial charge in [-0.1, -0.05) is 18.2 Å². The molecular weight excluding hydrogens is 338 g/mol. The lowest BCUT2D eigenvalue weighted by Crippen LogP contribution is -2.48. The molecule has 1 heterocycles. The number of methoxy groups -OCH3 is 1. The molecular formula is C22H25N3O2. The first-order valence-electron chi connectivity index (χ1n) is 9.34. The van der Waals surface area contributed by atoms with Crippen molar-refractivity contribution in [1.82, 2.24) is 9.80 Å². The average Bonchev–Trinajstić information content (AvgIpc) is 2.74. The van der Waals surface area contributed by atoms with Crippen LogP contribution < -0.4 is 4.74 Å². The summed E-state index contributed by atoms with van der Waals surface area (Å²) in [6, 6.07) is 17.3. The van der Waals surface area contributed by atoms with Gasteiger partial charge in [-0.15, -0.1) is 0 Å². The Balaban J connectivity index is 1.43. The van der Waals surface area contributed by atoms with Crippen LogP contribution in [0.25, 0.3) is 0 Å². The SMILES string of the molecule is COc1ccc(CCCN2CCN(C(=O)c3cccc(C#N)c3)CC2)cc1. The summed E-state index contributed by atoms with van der Waals surface area (Å²) < 4.78 is 5.19. The van der Waals surface area contributed by atoms with Crippen molar-refractivity contribution >= 4 is 5.91 Å². The Morgan fingerprint density at radius 2 is 1.85 bits per heavy atom. The summed E-state index contributed by atoms with van der Waals surface area (Å²) in [4.78, 5) is 16.9. The molecule has 2 aromatic rings. The Morgan fingerprint density at radius 1 is 1.11 bits per heavy atom. The van der Waals surface area contributed by atoms with Gasteiger partial charge < -0.3 is 9.64 Å². The number of ether oxygens (including phenoxy) is 1. The van der Waals surface area contributed by atoms with Crippen LogP contribution in [0.5, 0.6) is 5.75 Å². The number of nitrogens with zero attached hydrogens (tertiary/aromatic N) is 3. The van der Waals surface area contributed by atoms with Crippen LogP contribution in [-0.4, -0.2) is 55.5 Å². The minimum absolute atomic E-state index is 0.0185. The maximum absolute atomic E-state index is 12.6. The Hall–Kier alpha value is -2.84. The number of hydrogen-bond acceptors (Lipinski definition) is 4. The molecule has 5 nitrogen and oxygen atoms in total. The van der Waals surface area contributed by atoms with Gasteiger partial charge in [0.1, 0.15) is 5.75 Å². The van der Waals surface area contributed by atoms with E-state index in [-0.39, 0.29) is 5.91 Å². The second-order valence-electron chi connectivity index (χ2n) is 6.78. The highest BCUT2D eigenvalue weighted by atomic mass is 16.5. The summed E-state index contributed by atoms with van der Waals surface area (Å²) in [5.74, 6) is 0.907. The van der Waals surface area contributed by atoms with Crippen LogP contribution in [0.3, 0.4) is 0 Å². The Labute approximate surface area is 160 Å². The molecule has 27 heavy (non-hydrogen) atoms. The smallest absolute Gasteiger partial charge is 0.253 e. The van der Waals surface area contributed by atoms with Crippen molar-refractivity contribution in [3.05, 3.63) is 65.2 Å². The molecule has 0 radical (unpaired) electrons. The summed E-state index contributed by atoms with van der Waals surface area (Å²) >= 11 is 0. The number of carbonyl (C=O) groups excluding carboxylic acids is 1. The minimum Gasteiger partial charge on any atom is -0.497 e. The van der Waals surface area contributed by atoms with Crippen molar-refractivity contribution in [2.45, 2.75) is 12.8 Å². The number of piperazine rings is 1. The van der Waals surface area contributed by atoms with Crippen LogP contribution in [0.15, 0.2) is 48.5 Å². The molecule has 0 bridgehead atoms. The number of carbonyl (C=O) groups is 1. The van der Waals surface area contributed by atoms with E-state index in [9.17, 15) is 4.79 Å². The topological polar surface area (TPSA) is 56.6 Å². The van der Waals surface area contributed by atoms with E-state index >= 15 is 0 Å². The third-order valence-corrected chi connectivity index (χ3v) is 5.00. The largest absolute Gasteiger partial charge is 0.497 e. The van der Waals surface area contributed by atoms with E-state index in [2.05, 4.69) is 23.1 Å². The van der Waals surface area contributed by atoms with Crippen LogP contribution in [0.1, 0.15) is 27.9 Å². The summed E-state index contributed by atoms with van der Waals surface area (Å²) in [7, 11) is 1.68. The Morgan fingerprint density at radius 3 is 2.52 bits per heavy atom. The molecule has 1 aliphatic rings. The maximum atomic E-state index is 12.6. The summed E-state index contributed by atoms with van der Waals surface area (Å²) in [6.45, 7) is 4.30. The van der Waals surface area contributed by atoms with Crippen LogP contribution in [0, 0.1) is 11.3 Å². The molecule has 0 atom stereocenters. The lowest BCUT2D eigenvalue weighted by atomic mass is 10.1. The van der Waals surface area contributed by atoms with Gasteiger partial charge in [0.05, 0.1) is 18.7 Å². The summed E-state index contributed by atoms with van der Waals surface area (Å²) in [5.41, 5.74) is 2.45. The van der Waals surface area contributed by atoms with E-state index in [4.69, 9.17) is 10.00 Å². The molecule has 140 valence electrons. The summed E-state index contributed by atoms with van der Waals surface area (Å²) in [6.07, 6.45) is 2.15. The third kappa shape index (κ3) is 5.08. The van der Waals surface area contributed by atoms with E-state index < -0.39 is 0 Å². The highest BCUT2D eigenvalue weighted by molar-refractivity contribution is 5.94. The number of amides is 1. The van der Waals surface area contributed by atoms with Gasteiger partial charge in [-0.05, 0) is 55.3 Å². The zero-order valence-corrected chi connectivity index (χ0v) is 15.7. The normalized spacial score (nSPS) is 14.6. The number of hydrogen-bond donors (Lipinski definition) is 0. The summed E-state index contributed by atoms with van der Waals surface area (Å²) in [5, 5.41) is 8.99. The van der Waals surface area contributed by atoms with Crippen LogP contribution in [-0.2, 0) is 6.42 Å². The highest BCUT2D eigenvalue weighted by Crippen LogP contribution is 2.14. The second-order valence-corrected chi connectivity index (χ2v) is 6.78.